The number of hydrogen-bond donors (Lipinski definition) is 3. The van der Waals surface area contributed by atoms with Gasteiger partial charge in [0.05, 0.1) is 11.0 Å². The van der Waals surface area contributed by atoms with E-state index in [4.69, 9.17) is 0 Å². The van der Waals surface area contributed by atoms with Crippen molar-refractivity contribution in [1.29, 1.82) is 0 Å². The van der Waals surface area contributed by atoms with Crippen molar-refractivity contribution in [3.8, 4) is 0 Å². The number of fused-ring (bicyclic) bond motifs is 1. The Kier molecular flexibility index (Phi) is 10.2. The number of carbonyl (C=O) groups is 2. The summed E-state index contributed by atoms with van der Waals surface area (Å²) in [4.78, 5) is 33.7. The number of carbonyl (C=O) groups excluding carboxylic acids is 2. The maximum Gasteiger partial charge on any atom is 0.251 e. The zero-order chi connectivity index (χ0) is 25.9. The van der Waals surface area contributed by atoms with Crippen LogP contribution in [0.15, 0.2) is 54.7 Å². The van der Waals surface area contributed by atoms with Gasteiger partial charge in [0.2, 0.25) is 5.91 Å². The van der Waals surface area contributed by atoms with E-state index < -0.39 is 0 Å². The Morgan fingerprint density at radius 3 is 2.35 bits per heavy atom. The van der Waals surface area contributed by atoms with E-state index in [-0.39, 0.29) is 23.8 Å². The molecule has 0 unspecified atom stereocenters. The van der Waals surface area contributed by atoms with Crippen molar-refractivity contribution in [3.05, 3.63) is 60.5 Å². The maximum atomic E-state index is 12.8. The van der Waals surface area contributed by atoms with Gasteiger partial charge < -0.3 is 15.6 Å². The first-order valence-electron chi connectivity index (χ1n) is 14.2. The minimum Gasteiger partial charge on any atom is -0.349 e. The third-order valence-electron chi connectivity index (χ3n) is 7.63. The van der Waals surface area contributed by atoms with Gasteiger partial charge in [0, 0.05) is 29.6 Å². The van der Waals surface area contributed by atoms with Crippen molar-refractivity contribution in [3.63, 3.8) is 0 Å². The smallest absolute Gasteiger partial charge is 0.251 e. The molecule has 2 aromatic rings. The summed E-state index contributed by atoms with van der Waals surface area (Å²) in [7, 11) is 0. The normalized spacial score (nSPS) is 18.8. The second-order valence-corrected chi connectivity index (χ2v) is 10.6. The molecule has 0 radical (unpaired) electrons. The summed E-state index contributed by atoms with van der Waals surface area (Å²) in [5.41, 5.74) is 3.17. The molecular weight excluding hydrogens is 460 g/mol. The first-order valence-corrected chi connectivity index (χ1v) is 14.2. The second kappa shape index (κ2) is 14.0. The van der Waals surface area contributed by atoms with E-state index in [1.807, 2.05) is 30.4 Å². The number of nitrogens with one attached hydrogen (secondary N) is 3. The number of rotatable bonds is 8. The van der Waals surface area contributed by atoms with Crippen molar-refractivity contribution >= 4 is 28.5 Å². The number of H-pyrrole nitrogens is 1. The number of benzene rings is 1. The molecule has 4 rings (SSSR count). The summed E-state index contributed by atoms with van der Waals surface area (Å²) in [6, 6.07) is 6.08. The molecule has 0 bridgehead atoms. The first-order chi connectivity index (χ1) is 18.1. The number of allylic oxidation sites excluding steroid dienone is 3. The molecule has 0 aliphatic heterocycles. The zero-order valence-electron chi connectivity index (χ0n) is 22.1. The number of aromatic amines is 1. The molecule has 3 N–H and O–H groups in total. The topological polar surface area (TPSA) is 86.9 Å². The van der Waals surface area contributed by atoms with Crippen LogP contribution in [0, 0.1) is 5.92 Å². The lowest BCUT2D eigenvalue weighted by Crippen LogP contribution is -2.35. The highest BCUT2D eigenvalue weighted by Gasteiger charge is 2.20. The summed E-state index contributed by atoms with van der Waals surface area (Å²) >= 11 is 0. The average molecular weight is 503 g/mol. The molecular formula is C31H42N4O2. The van der Waals surface area contributed by atoms with E-state index in [1.54, 1.807) is 12.2 Å². The van der Waals surface area contributed by atoms with Crippen LogP contribution in [0.3, 0.4) is 0 Å². The van der Waals surface area contributed by atoms with Gasteiger partial charge in [-0.3, -0.25) is 9.59 Å². The van der Waals surface area contributed by atoms with E-state index in [0.29, 0.717) is 12.0 Å². The highest BCUT2D eigenvalue weighted by molar-refractivity contribution is 5.96. The van der Waals surface area contributed by atoms with Crippen LogP contribution < -0.4 is 10.6 Å². The standard InChI is InChI=1S/C31H42N4O2/c1-2-13-23(30(36)32-25-17-10-6-7-11-18-25)16-12-19-29-34-27-21-20-26(22-28(27)35-29)33-31(37)24-14-8-4-3-5-9-15-24/h2,12-13,16,20-22,24-25H,1,3-11,14-15,17-19H2,(H,32,36)(H,33,37)(H,34,35)/b16-12-,23-13+. The van der Waals surface area contributed by atoms with E-state index in [1.165, 1.54) is 44.9 Å². The molecule has 1 aromatic carbocycles. The number of imidazole rings is 1. The lowest BCUT2D eigenvalue weighted by atomic mass is 9.90. The van der Waals surface area contributed by atoms with Crippen molar-refractivity contribution in [2.24, 2.45) is 5.92 Å². The Labute approximate surface area is 221 Å². The quantitative estimate of drug-likeness (QED) is 0.208. The molecule has 2 aliphatic rings. The lowest BCUT2D eigenvalue weighted by molar-refractivity contribution is -0.120. The zero-order valence-corrected chi connectivity index (χ0v) is 22.1. The number of hydrogen-bond acceptors (Lipinski definition) is 3. The molecule has 6 heteroatoms. The van der Waals surface area contributed by atoms with Gasteiger partial charge in [-0.25, -0.2) is 4.98 Å². The fourth-order valence-corrected chi connectivity index (χ4v) is 5.52. The average Bonchev–Trinajstić information content (AvgIpc) is 3.08. The van der Waals surface area contributed by atoms with Crippen molar-refractivity contribution in [1.82, 2.24) is 15.3 Å². The minimum absolute atomic E-state index is 0.0441. The summed E-state index contributed by atoms with van der Waals surface area (Å²) < 4.78 is 0. The van der Waals surface area contributed by atoms with E-state index in [9.17, 15) is 9.59 Å². The maximum absolute atomic E-state index is 12.8. The fourth-order valence-electron chi connectivity index (χ4n) is 5.52. The molecule has 1 aromatic heterocycles. The van der Waals surface area contributed by atoms with Gasteiger partial charge >= 0.3 is 0 Å². The van der Waals surface area contributed by atoms with Gasteiger partial charge in [0.25, 0.3) is 5.91 Å². The number of nitrogens with zero attached hydrogens (tertiary/aromatic N) is 1. The van der Waals surface area contributed by atoms with Crippen LogP contribution in [-0.4, -0.2) is 27.8 Å². The Morgan fingerprint density at radius 2 is 1.65 bits per heavy atom. The third kappa shape index (κ3) is 8.17. The molecule has 2 fully saturated rings. The first kappa shape index (κ1) is 26.9. The van der Waals surface area contributed by atoms with Crippen LogP contribution in [-0.2, 0) is 16.0 Å². The van der Waals surface area contributed by atoms with Crippen LogP contribution >= 0.6 is 0 Å². The molecule has 2 saturated carbocycles. The van der Waals surface area contributed by atoms with Gasteiger partial charge in [-0.05, 0) is 43.9 Å². The van der Waals surface area contributed by atoms with E-state index >= 15 is 0 Å². The van der Waals surface area contributed by atoms with Gasteiger partial charge in [0.1, 0.15) is 5.82 Å². The van der Waals surface area contributed by atoms with Crippen molar-refractivity contribution in [2.45, 2.75) is 95.9 Å². The molecule has 2 aliphatic carbocycles. The lowest BCUT2D eigenvalue weighted by Gasteiger charge is -2.19. The summed E-state index contributed by atoms with van der Waals surface area (Å²) in [5.74, 6) is 1.01. The van der Waals surface area contributed by atoms with Crippen LogP contribution in [0.1, 0.15) is 89.3 Å². The van der Waals surface area contributed by atoms with Crippen LogP contribution in [0.5, 0.6) is 0 Å². The van der Waals surface area contributed by atoms with Crippen molar-refractivity contribution in [2.75, 3.05) is 5.32 Å². The molecule has 1 heterocycles. The SMILES string of the molecule is C=C/C=C(\C=C/Cc1nc2ccc(NC(=O)C3CCCCCCC3)cc2[nH]1)C(=O)NC1CCCCCC1. The molecule has 6 nitrogen and oxygen atoms in total. The Bertz CT molecular complexity index is 1110. The van der Waals surface area contributed by atoms with E-state index in [0.717, 1.165) is 61.1 Å². The predicted molar refractivity (Wildman–Crippen MR) is 151 cm³/mol. The highest BCUT2D eigenvalue weighted by Crippen LogP contribution is 2.25. The summed E-state index contributed by atoms with van der Waals surface area (Å²) in [6.07, 6.45) is 22.8. The highest BCUT2D eigenvalue weighted by atomic mass is 16.2. The van der Waals surface area contributed by atoms with Crippen LogP contribution in [0.4, 0.5) is 5.69 Å². The second-order valence-electron chi connectivity index (χ2n) is 10.6. The van der Waals surface area contributed by atoms with Crippen LogP contribution in [0.2, 0.25) is 0 Å². The van der Waals surface area contributed by atoms with Crippen molar-refractivity contribution < 1.29 is 9.59 Å². The molecule has 0 saturated heterocycles. The van der Waals surface area contributed by atoms with E-state index in [2.05, 4.69) is 27.2 Å². The molecule has 0 spiro atoms. The third-order valence-corrected chi connectivity index (χ3v) is 7.63. The predicted octanol–water partition coefficient (Wildman–Crippen LogP) is 6.91. The van der Waals surface area contributed by atoms with Crippen LogP contribution in [0.25, 0.3) is 11.0 Å². The van der Waals surface area contributed by atoms with Gasteiger partial charge in [-0.15, -0.1) is 0 Å². The summed E-state index contributed by atoms with van der Waals surface area (Å²) in [5, 5.41) is 6.32. The Morgan fingerprint density at radius 1 is 0.973 bits per heavy atom. The minimum atomic E-state index is -0.0441. The van der Waals surface area contributed by atoms with Gasteiger partial charge in [-0.2, -0.15) is 0 Å². The number of anilines is 1. The fraction of sp³-hybridized carbons (Fsp3) is 0.516. The molecule has 2 amide bonds. The summed E-state index contributed by atoms with van der Waals surface area (Å²) in [6.45, 7) is 3.77. The Hall–Kier alpha value is -3.15. The molecule has 0 atom stereocenters. The monoisotopic (exact) mass is 502 g/mol. The Balaban J connectivity index is 1.35. The number of aromatic nitrogens is 2. The number of amides is 2. The molecule has 198 valence electrons. The van der Waals surface area contributed by atoms with Gasteiger partial charge in [-0.1, -0.05) is 88.7 Å². The largest absolute Gasteiger partial charge is 0.349 e. The molecule has 37 heavy (non-hydrogen) atoms. The van der Waals surface area contributed by atoms with Gasteiger partial charge in [0.15, 0.2) is 0 Å².